The monoisotopic (exact) mass is 223 g/mol. The molecule has 6 N–H and O–H groups in total. The second-order valence-corrected chi connectivity index (χ2v) is 3.37. The summed E-state index contributed by atoms with van der Waals surface area (Å²) in [6.07, 6.45) is 0.915. The van der Waals surface area contributed by atoms with Gasteiger partial charge in [0.15, 0.2) is 0 Å². The lowest BCUT2D eigenvalue weighted by Crippen LogP contribution is -2.30. The second kappa shape index (κ2) is 5.79. The van der Waals surface area contributed by atoms with Gasteiger partial charge < -0.3 is 22.1 Å². The van der Waals surface area contributed by atoms with E-state index in [0.717, 1.165) is 6.42 Å². The number of rotatable bonds is 5. The zero-order chi connectivity index (χ0) is 12.0. The summed E-state index contributed by atoms with van der Waals surface area (Å²) in [4.78, 5) is 15.3. The van der Waals surface area contributed by atoms with Crippen LogP contribution in [0.5, 0.6) is 0 Å². The molecule has 0 radical (unpaired) electrons. The van der Waals surface area contributed by atoms with Crippen LogP contribution in [0.2, 0.25) is 0 Å². The molecule has 6 nitrogen and oxygen atoms in total. The highest BCUT2D eigenvalue weighted by atomic mass is 16.1. The zero-order valence-electron chi connectivity index (χ0n) is 9.29. The predicted octanol–water partition coefficient (Wildman–Crippen LogP) is 0.184. The topological polar surface area (TPSA) is 106 Å². The summed E-state index contributed by atoms with van der Waals surface area (Å²) in [7, 11) is 0. The van der Waals surface area contributed by atoms with E-state index in [9.17, 15) is 4.79 Å². The van der Waals surface area contributed by atoms with Gasteiger partial charge in [-0.1, -0.05) is 6.92 Å². The Kier molecular flexibility index (Phi) is 4.38. The largest absolute Gasteiger partial charge is 0.396 e. The number of anilines is 3. The van der Waals surface area contributed by atoms with Crippen LogP contribution in [0.1, 0.15) is 13.3 Å². The van der Waals surface area contributed by atoms with Crippen molar-refractivity contribution >= 4 is 23.2 Å². The van der Waals surface area contributed by atoms with Gasteiger partial charge in [0.1, 0.15) is 11.6 Å². The predicted molar refractivity (Wildman–Crippen MR) is 64.9 cm³/mol. The first-order valence-corrected chi connectivity index (χ1v) is 5.16. The summed E-state index contributed by atoms with van der Waals surface area (Å²) >= 11 is 0. The van der Waals surface area contributed by atoms with Crippen LogP contribution in [0.15, 0.2) is 12.1 Å². The van der Waals surface area contributed by atoms with Crippen LogP contribution in [-0.2, 0) is 4.79 Å². The average Bonchev–Trinajstić information content (AvgIpc) is 2.28. The van der Waals surface area contributed by atoms with E-state index in [2.05, 4.69) is 15.6 Å². The highest BCUT2D eigenvalue weighted by Crippen LogP contribution is 2.13. The van der Waals surface area contributed by atoms with Gasteiger partial charge in [-0.05, 0) is 18.6 Å². The third-order valence-electron chi connectivity index (χ3n) is 1.96. The normalized spacial score (nSPS) is 9.81. The first-order chi connectivity index (χ1) is 7.63. The molecule has 0 saturated heterocycles. The quantitative estimate of drug-likeness (QED) is 0.570. The molecule has 0 fully saturated rings. The molecule has 1 aromatic heterocycles. The average molecular weight is 223 g/mol. The van der Waals surface area contributed by atoms with Crippen molar-refractivity contribution in [3.8, 4) is 0 Å². The van der Waals surface area contributed by atoms with Gasteiger partial charge in [0, 0.05) is 6.54 Å². The van der Waals surface area contributed by atoms with Crippen molar-refractivity contribution < 1.29 is 4.79 Å². The molecular formula is C10H17N5O. The number of amides is 1. The first kappa shape index (κ1) is 12.1. The fraction of sp³-hybridized carbons (Fsp3) is 0.400. The van der Waals surface area contributed by atoms with Gasteiger partial charge in [-0.15, -0.1) is 0 Å². The number of nitrogens with zero attached hydrogens (tertiary/aromatic N) is 1. The van der Waals surface area contributed by atoms with Gasteiger partial charge in [-0.3, -0.25) is 4.79 Å². The summed E-state index contributed by atoms with van der Waals surface area (Å²) in [6, 6.07) is 3.33. The van der Waals surface area contributed by atoms with Crippen LogP contribution in [0, 0.1) is 0 Å². The Morgan fingerprint density at radius 1 is 1.44 bits per heavy atom. The van der Waals surface area contributed by atoms with Crippen molar-refractivity contribution in [2.24, 2.45) is 0 Å². The Morgan fingerprint density at radius 2 is 2.19 bits per heavy atom. The van der Waals surface area contributed by atoms with E-state index in [0.29, 0.717) is 18.1 Å². The number of carbonyl (C=O) groups excluding carboxylic acids is 1. The van der Waals surface area contributed by atoms with E-state index in [4.69, 9.17) is 11.5 Å². The molecule has 16 heavy (non-hydrogen) atoms. The minimum absolute atomic E-state index is 0.0703. The van der Waals surface area contributed by atoms with Gasteiger partial charge >= 0.3 is 0 Å². The van der Waals surface area contributed by atoms with Crippen molar-refractivity contribution in [3.05, 3.63) is 12.1 Å². The molecular weight excluding hydrogens is 206 g/mol. The Morgan fingerprint density at radius 3 is 2.81 bits per heavy atom. The number of pyridine rings is 1. The van der Waals surface area contributed by atoms with E-state index >= 15 is 0 Å². The van der Waals surface area contributed by atoms with Crippen molar-refractivity contribution in [2.45, 2.75) is 13.3 Å². The Balaban J connectivity index is 2.42. The van der Waals surface area contributed by atoms with Crippen LogP contribution in [-0.4, -0.2) is 24.0 Å². The summed E-state index contributed by atoms with van der Waals surface area (Å²) in [5, 5.41) is 5.61. The molecule has 0 aromatic carbocycles. The van der Waals surface area contributed by atoms with Gasteiger partial charge in [0.25, 0.3) is 0 Å². The van der Waals surface area contributed by atoms with E-state index in [1.54, 1.807) is 12.1 Å². The van der Waals surface area contributed by atoms with Gasteiger partial charge in [-0.25, -0.2) is 4.98 Å². The molecule has 1 amide bonds. The molecule has 1 heterocycles. The first-order valence-electron chi connectivity index (χ1n) is 5.16. The summed E-state index contributed by atoms with van der Waals surface area (Å²) < 4.78 is 0. The van der Waals surface area contributed by atoms with Crippen LogP contribution < -0.4 is 22.1 Å². The molecule has 0 atom stereocenters. The maximum Gasteiger partial charge on any atom is 0.239 e. The summed E-state index contributed by atoms with van der Waals surface area (Å²) in [5.41, 5.74) is 11.5. The van der Waals surface area contributed by atoms with E-state index in [1.165, 1.54) is 0 Å². The molecule has 0 aliphatic heterocycles. The Bertz CT molecular complexity index is 366. The Hall–Kier alpha value is -1.98. The van der Waals surface area contributed by atoms with E-state index in [-0.39, 0.29) is 18.3 Å². The number of aromatic nitrogens is 1. The molecule has 0 saturated carbocycles. The molecule has 1 rings (SSSR count). The standard InChI is InChI=1S/C10H17N5O/c1-2-5-13-9(16)6-14-8-4-3-7(11)10(12)15-8/h3-4H,2,5-6,11H2,1H3,(H,13,16)(H3,12,14,15). The second-order valence-electron chi connectivity index (χ2n) is 3.37. The Labute approximate surface area is 94.4 Å². The highest BCUT2D eigenvalue weighted by molar-refractivity contribution is 5.80. The summed E-state index contributed by atoms with van der Waals surface area (Å²) in [6.45, 7) is 2.85. The van der Waals surface area contributed by atoms with Crippen molar-refractivity contribution in [1.82, 2.24) is 10.3 Å². The number of nitrogens with two attached hydrogens (primary N) is 2. The lowest BCUT2D eigenvalue weighted by molar-refractivity contribution is -0.119. The summed E-state index contributed by atoms with van der Waals surface area (Å²) in [5.74, 6) is 0.733. The van der Waals surface area contributed by atoms with E-state index in [1.807, 2.05) is 6.92 Å². The number of hydrogen-bond donors (Lipinski definition) is 4. The molecule has 0 aliphatic carbocycles. The molecule has 0 bridgehead atoms. The van der Waals surface area contributed by atoms with Crippen molar-refractivity contribution in [2.75, 3.05) is 29.9 Å². The number of hydrogen-bond acceptors (Lipinski definition) is 5. The van der Waals surface area contributed by atoms with Gasteiger partial charge in [0.05, 0.1) is 12.2 Å². The molecule has 0 spiro atoms. The smallest absolute Gasteiger partial charge is 0.239 e. The lowest BCUT2D eigenvalue weighted by atomic mass is 10.4. The fourth-order valence-electron chi connectivity index (χ4n) is 1.08. The fourth-order valence-corrected chi connectivity index (χ4v) is 1.08. The van der Waals surface area contributed by atoms with Crippen LogP contribution in [0.3, 0.4) is 0 Å². The maximum atomic E-state index is 11.3. The van der Waals surface area contributed by atoms with Gasteiger partial charge in [-0.2, -0.15) is 0 Å². The minimum Gasteiger partial charge on any atom is -0.396 e. The van der Waals surface area contributed by atoms with E-state index < -0.39 is 0 Å². The van der Waals surface area contributed by atoms with Crippen molar-refractivity contribution in [3.63, 3.8) is 0 Å². The SMILES string of the molecule is CCCNC(=O)CNc1ccc(N)c(N)n1. The van der Waals surface area contributed by atoms with Crippen LogP contribution in [0.25, 0.3) is 0 Å². The maximum absolute atomic E-state index is 11.3. The number of nitrogen functional groups attached to an aromatic ring is 2. The highest BCUT2D eigenvalue weighted by Gasteiger charge is 2.02. The minimum atomic E-state index is -0.0703. The molecule has 1 aromatic rings. The molecule has 0 unspecified atom stereocenters. The third kappa shape index (κ3) is 3.64. The lowest BCUT2D eigenvalue weighted by Gasteiger charge is -2.07. The van der Waals surface area contributed by atoms with Crippen molar-refractivity contribution in [1.29, 1.82) is 0 Å². The van der Waals surface area contributed by atoms with Crippen LogP contribution >= 0.6 is 0 Å². The van der Waals surface area contributed by atoms with Crippen LogP contribution in [0.4, 0.5) is 17.3 Å². The third-order valence-corrected chi connectivity index (χ3v) is 1.96. The number of carbonyl (C=O) groups is 1. The molecule has 0 aliphatic rings. The number of nitrogens with one attached hydrogen (secondary N) is 2. The molecule has 6 heteroatoms. The van der Waals surface area contributed by atoms with Gasteiger partial charge in [0.2, 0.25) is 5.91 Å². The zero-order valence-corrected chi connectivity index (χ0v) is 9.29. The molecule has 88 valence electrons.